The fourth-order valence-electron chi connectivity index (χ4n) is 3.48. The summed E-state index contributed by atoms with van der Waals surface area (Å²) in [5, 5.41) is 21.3. The summed E-state index contributed by atoms with van der Waals surface area (Å²) in [5.41, 5.74) is 3.32. The van der Waals surface area contributed by atoms with Gasteiger partial charge in [-0.15, -0.1) is 0 Å². The second-order valence-corrected chi connectivity index (χ2v) is 6.75. The Labute approximate surface area is 171 Å². The van der Waals surface area contributed by atoms with E-state index in [1.807, 2.05) is 37.3 Å². The number of nitrogens with one attached hydrogen (secondary N) is 1. The lowest BCUT2D eigenvalue weighted by molar-refractivity contribution is -0.384. The molecule has 2 aromatic heterocycles. The van der Waals surface area contributed by atoms with Crippen LogP contribution in [0.3, 0.4) is 0 Å². The molecule has 0 aliphatic heterocycles. The SMILES string of the molecule is Cc1[nH]c2ccccc2c1C(=O)/C(C#N)=C/c1cccn1-c1ccc([N+](=O)[O-])cc1. The van der Waals surface area contributed by atoms with Crippen molar-refractivity contribution < 1.29 is 9.72 Å². The lowest BCUT2D eigenvalue weighted by Crippen LogP contribution is -2.04. The first kappa shape index (κ1) is 18.9. The fraction of sp³-hybridized carbons (Fsp3) is 0.0435. The number of fused-ring (bicyclic) bond motifs is 1. The van der Waals surface area contributed by atoms with E-state index < -0.39 is 4.92 Å². The zero-order valence-corrected chi connectivity index (χ0v) is 16.0. The molecular formula is C23H16N4O3. The summed E-state index contributed by atoms with van der Waals surface area (Å²) in [7, 11) is 0. The van der Waals surface area contributed by atoms with Gasteiger partial charge in [0.25, 0.3) is 5.69 Å². The summed E-state index contributed by atoms with van der Waals surface area (Å²) < 4.78 is 1.76. The van der Waals surface area contributed by atoms with Gasteiger partial charge in [-0.3, -0.25) is 14.9 Å². The molecule has 0 atom stereocenters. The topological polar surface area (TPSA) is 105 Å². The number of benzene rings is 2. The first-order valence-electron chi connectivity index (χ1n) is 9.15. The quantitative estimate of drug-likeness (QED) is 0.169. The number of Topliss-reactive ketones (excluding diaryl/α,β-unsaturated/α-hetero) is 1. The van der Waals surface area contributed by atoms with Crippen LogP contribution in [0, 0.1) is 28.4 Å². The van der Waals surface area contributed by atoms with Crippen LogP contribution in [-0.2, 0) is 0 Å². The van der Waals surface area contributed by atoms with Gasteiger partial charge in [0.15, 0.2) is 0 Å². The van der Waals surface area contributed by atoms with Gasteiger partial charge in [-0.05, 0) is 43.3 Å². The van der Waals surface area contributed by atoms with Gasteiger partial charge in [0.05, 0.1) is 10.5 Å². The summed E-state index contributed by atoms with van der Waals surface area (Å²) in [6, 6.07) is 19.1. The summed E-state index contributed by atoms with van der Waals surface area (Å²) in [6.45, 7) is 1.81. The van der Waals surface area contributed by atoms with Crippen molar-refractivity contribution >= 4 is 28.4 Å². The maximum atomic E-state index is 13.2. The van der Waals surface area contributed by atoms with Crippen LogP contribution in [0.25, 0.3) is 22.7 Å². The molecular weight excluding hydrogens is 380 g/mol. The number of nitriles is 1. The summed E-state index contributed by atoms with van der Waals surface area (Å²) >= 11 is 0. The largest absolute Gasteiger partial charge is 0.358 e. The minimum Gasteiger partial charge on any atom is -0.358 e. The van der Waals surface area contributed by atoms with Crippen molar-refractivity contribution in [3.63, 3.8) is 0 Å². The molecule has 7 heteroatoms. The second kappa shape index (κ2) is 7.53. The number of hydrogen-bond acceptors (Lipinski definition) is 4. The van der Waals surface area contributed by atoms with Crippen molar-refractivity contribution in [1.82, 2.24) is 9.55 Å². The van der Waals surface area contributed by atoms with E-state index in [4.69, 9.17) is 0 Å². The highest BCUT2D eigenvalue weighted by atomic mass is 16.6. The fourth-order valence-corrected chi connectivity index (χ4v) is 3.48. The number of ketones is 1. The van der Waals surface area contributed by atoms with Crippen LogP contribution in [-0.4, -0.2) is 20.3 Å². The lowest BCUT2D eigenvalue weighted by atomic mass is 10.0. The minimum atomic E-state index is -0.462. The monoisotopic (exact) mass is 396 g/mol. The minimum absolute atomic E-state index is 0.00437. The number of carbonyl (C=O) groups excluding carboxylic acids is 1. The van der Waals surface area contributed by atoms with E-state index in [9.17, 15) is 20.2 Å². The molecule has 0 aliphatic rings. The van der Waals surface area contributed by atoms with Crippen LogP contribution in [0.4, 0.5) is 5.69 Å². The third-order valence-electron chi connectivity index (χ3n) is 4.90. The molecule has 0 fully saturated rings. The van der Waals surface area contributed by atoms with Crippen LogP contribution in [0.5, 0.6) is 0 Å². The van der Waals surface area contributed by atoms with Gasteiger partial charge in [-0.2, -0.15) is 5.26 Å². The molecule has 0 amide bonds. The number of allylic oxidation sites excluding steroid dienone is 1. The van der Waals surface area contributed by atoms with Crippen molar-refractivity contribution in [2.75, 3.05) is 0 Å². The van der Waals surface area contributed by atoms with Crippen LogP contribution >= 0.6 is 0 Å². The van der Waals surface area contributed by atoms with Crippen molar-refractivity contribution in [3.8, 4) is 11.8 Å². The summed E-state index contributed by atoms with van der Waals surface area (Å²) in [4.78, 5) is 26.8. The Kier molecular flexibility index (Phi) is 4.74. The standard InChI is InChI=1S/C23H16N4O3/c1-15-22(20-6-2-3-7-21(20)25-15)23(28)16(14-24)13-19-5-4-12-26(19)17-8-10-18(11-9-17)27(29)30/h2-13,25H,1H3/b16-13+. The molecule has 2 heterocycles. The first-order chi connectivity index (χ1) is 14.5. The summed E-state index contributed by atoms with van der Waals surface area (Å²) in [5.74, 6) is -0.358. The number of nitro groups is 1. The number of nitro benzene ring substituents is 1. The van der Waals surface area contributed by atoms with Crippen molar-refractivity contribution in [1.29, 1.82) is 5.26 Å². The number of carbonyl (C=O) groups is 1. The van der Waals surface area contributed by atoms with E-state index in [2.05, 4.69) is 4.98 Å². The predicted molar refractivity (Wildman–Crippen MR) is 113 cm³/mol. The predicted octanol–water partition coefficient (Wildman–Crippen LogP) is 4.97. The van der Waals surface area contributed by atoms with E-state index in [-0.39, 0.29) is 17.0 Å². The van der Waals surface area contributed by atoms with E-state index in [0.29, 0.717) is 22.6 Å². The third-order valence-corrected chi connectivity index (χ3v) is 4.90. The van der Waals surface area contributed by atoms with Gasteiger partial charge in [0.1, 0.15) is 11.6 Å². The Morgan fingerprint density at radius 1 is 1.13 bits per heavy atom. The highest BCUT2D eigenvalue weighted by Gasteiger charge is 2.20. The van der Waals surface area contributed by atoms with Gasteiger partial charge in [-0.25, -0.2) is 0 Å². The average molecular weight is 396 g/mol. The number of hydrogen-bond donors (Lipinski definition) is 1. The zero-order valence-electron chi connectivity index (χ0n) is 16.0. The van der Waals surface area contributed by atoms with Crippen LogP contribution in [0.1, 0.15) is 21.7 Å². The van der Waals surface area contributed by atoms with Gasteiger partial charge in [0, 0.05) is 46.3 Å². The van der Waals surface area contributed by atoms with E-state index >= 15 is 0 Å². The Morgan fingerprint density at radius 3 is 2.57 bits per heavy atom. The average Bonchev–Trinajstić information content (AvgIpc) is 3.34. The molecule has 0 bridgehead atoms. The normalized spacial score (nSPS) is 11.4. The van der Waals surface area contributed by atoms with Crippen LogP contribution < -0.4 is 0 Å². The van der Waals surface area contributed by atoms with E-state index in [0.717, 1.165) is 10.9 Å². The van der Waals surface area contributed by atoms with Crippen LogP contribution in [0.15, 0.2) is 72.4 Å². The Hall–Kier alpha value is -4.44. The molecule has 2 aromatic carbocycles. The molecule has 4 aromatic rings. The lowest BCUT2D eigenvalue weighted by Gasteiger charge is -2.07. The zero-order chi connectivity index (χ0) is 21.3. The molecule has 0 unspecified atom stereocenters. The smallest absolute Gasteiger partial charge is 0.269 e. The molecule has 7 nitrogen and oxygen atoms in total. The van der Waals surface area contributed by atoms with Crippen molar-refractivity contribution in [2.45, 2.75) is 6.92 Å². The maximum Gasteiger partial charge on any atom is 0.269 e. The Morgan fingerprint density at radius 2 is 1.87 bits per heavy atom. The second-order valence-electron chi connectivity index (χ2n) is 6.75. The van der Waals surface area contributed by atoms with Gasteiger partial charge in [-0.1, -0.05) is 18.2 Å². The number of rotatable bonds is 5. The molecule has 4 rings (SSSR count). The molecule has 146 valence electrons. The van der Waals surface area contributed by atoms with E-state index in [1.54, 1.807) is 35.0 Å². The number of aromatic amines is 1. The summed E-state index contributed by atoms with van der Waals surface area (Å²) in [6.07, 6.45) is 3.30. The Balaban J connectivity index is 1.75. The number of para-hydroxylation sites is 1. The molecule has 0 spiro atoms. The van der Waals surface area contributed by atoms with E-state index in [1.165, 1.54) is 18.2 Å². The van der Waals surface area contributed by atoms with Gasteiger partial charge in [0.2, 0.25) is 5.78 Å². The van der Waals surface area contributed by atoms with Crippen molar-refractivity contribution in [2.24, 2.45) is 0 Å². The molecule has 0 saturated heterocycles. The molecule has 0 saturated carbocycles. The maximum absolute atomic E-state index is 13.2. The number of nitrogens with zero attached hydrogens (tertiary/aromatic N) is 3. The number of H-pyrrole nitrogens is 1. The Bertz CT molecular complexity index is 1350. The third kappa shape index (κ3) is 3.27. The number of aromatic nitrogens is 2. The molecule has 30 heavy (non-hydrogen) atoms. The molecule has 0 aliphatic carbocycles. The first-order valence-corrected chi connectivity index (χ1v) is 9.15. The highest BCUT2D eigenvalue weighted by molar-refractivity contribution is 6.20. The van der Waals surface area contributed by atoms with Crippen molar-refractivity contribution in [3.05, 3.63) is 99.5 Å². The number of aryl methyl sites for hydroxylation is 1. The highest BCUT2D eigenvalue weighted by Crippen LogP contribution is 2.26. The number of non-ortho nitro benzene ring substituents is 1. The molecule has 1 N–H and O–H groups in total. The van der Waals surface area contributed by atoms with Crippen LogP contribution in [0.2, 0.25) is 0 Å². The molecule has 0 radical (unpaired) electrons. The van der Waals surface area contributed by atoms with Gasteiger partial charge >= 0.3 is 0 Å². The van der Waals surface area contributed by atoms with Gasteiger partial charge < -0.3 is 9.55 Å².